The zero-order chi connectivity index (χ0) is 29.0. The third kappa shape index (κ3) is 5.29. The maximum Gasteiger partial charge on any atom is 0.418 e. The van der Waals surface area contributed by atoms with Crippen molar-refractivity contribution in [1.82, 2.24) is 24.8 Å². The van der Waals surface area contributed by atoms with E-state index in [0.29, 0.717) is 28.5 Å². The Hall–Kier alpha value is -3.69. The van der Waals surface area contributed by atoms with Crippen LogP contribution in [-0.2, 0) is 11.0 Å². The average Bonchev–Trinajstić information content (AvgIpc) is 3.39. The summed E-state index contributed by atoms with van der Waals surface area (Å²) in [5.74, 6) is -6.58. The zero-order valence-electron chi connectivity index (χ0n) is 19.5. The average molecular weight is 585 g/mol. The van der Waals surface area contributed by atoms with Crippen LogP contribution in [0.1, 0.15) is 22.8 Å². The lowest BCUT2D eigenvalue weighted by molar-refractivity contribution is -0.185. The van der Waals surface area contributed by atoms with Gasteiger partial charge in [-0.25, -0.2) is 18.3 Å². The first-order valence-electron chi connectivity index (χ1n) is 11.0. The Balaban J connectivity index is 1.66. The van der Waals surface area contributed by atoms with Crippen molar-refractivity contribution in [1.29, 1.82) is 0 Å². The highest BCUT2D eigenvalue weighted by molar-refractivity contribution is 6.34. The van der Waals surface area contributed by atoms with Gasteiger partial charge >= 0.3 is 12.4 Å². The van der Waals surface area contributed by atoms with Gasteiger partial charge in [0.2, 0.25) is 5.91 Å². The number of anilines is 1. The predicted octanol–water partition coefficient (Wildman–Crippen LogP) is 4.27. The number of alkyl halides is 7. The van der Waals surface area contributed by atoms with Gasteiger partial charge in [0.1, 0.15) is 29.8 Å². The number of amides is 2. The molecular formula is C22H17ClF8N6O2. The van der Waals surface area contributed by atoms with Crippen molar-refractivity contribution in [2.45, 2.75) is 31.5 Å². The largest absolute Gasteiger partial charge is 0.418 e. The second-order valence-electron chi connectivity index (χ2n) is 8.76. The highest BCUT2D eigenvalue weighted by Gasteiger charge is 2.46. The molecule has 3 heterocycles. The van der Waals surface area contributed by atoms with Crippen molar-refractivity contribution < 1.29 is 44.7 Å². The zero-order valence-corrected chi connectivity index (χ0v) is 20.3. The van der Waals surface area contributed by atoms with E-state index in [9.17, 15) is 44.7 Å². The normalized spacial score (nSPS) is 19.0. The molecule has 8 nitrogen and oxygen atoms in total. The molecule has 17 heteroatoms. The number of aromatic nitrogens is 3. The lowest BCUT2D eigenvalue weighted by Crippen LogP contribution is -2.43. The van der Waals surface area contributed by atoms with Crippen molar-refractivity contribution in [3.8, 4) is 11.3 Å². The van der Waals surface area contributed by atoms with E-state index in [1.165, 1.54) is 0 Å². The molecule has 210 valence electrons. The van der Waals surface area contributed by atoms with E-state index < -0.39 is 99.9 Å². The van der Waals surface area contributed by atoms with Gasteiger partial charge in [-0.1, -0.05) is 11.6 Å². The van der Waals surface area contributed by atoms with E-state index in [0.717, 1.165) is 12.4 Å². The first-order valence-corrected chi connectivity index (χ1v) is 11.4. The minimum Gasteiger partial charge on any atom is -0.382 e. The SMILES string of the molecule is CC(C(=O)N1C[C@H](F)[C@H](NC(=O)c2cc(-c3cc(C(F)(F)F)c4c(N)ncnn34)c(F)cc2Cl)C1)C(F)(F)F. The minimum absolute atomic E-state index is 0.461. The molecule has 0 radical (unpaired) electrons. The Labute approximate surface area is 218 Å². The van der Waals surface area contributed by atoms with Crippen LogP contribution in [0.2, 0.25) is 5.02 Å². The number of benzene rings is 1. The molecule has 3 aromatic rings. The van der Waals surface area contributed by atoms with Gasteiger partial charge in [-0.05, 0) is 25.1 Å². The van der Waals surface area contributed by atoms with Crippen LogP contribution >= 0.6 is 11.6 Å². The van der Waals surface area contributed by atoms with Gasteiger partial charge in [-0.2, -0.15) is 31.4 Å². The van der Waals surface area contributed by atoms with Crippen LogP contribution in [0.25, 0.3) is 16.8 Å². The first kappa shape index (κ1) is 28.3. The molecule has 0 saturated carbocycles. The van der Waals surface area contributed by atoms with Crippen LogP contribution < -0.4 is 11.1 Å². The molecule has 1 aromatic carbocycles. The Morgan fingerprint density at radius 3 is 2.44 bits per heavy atom. The molecule has 1 unspecified atom stereocenters. The third-order valence-corrected chi connectivity index (χ3v) is 6.52. The van der Waals surface area contributed by atoms with E-state index in [2.05, 4.69) is 15.4 Å². The van der Waals surface area contributed by atoms with Crippen LogP contribution in [0.15, 0.2) is 24.5 Å². The summed E-state index contributed by atoms with van der Waals surface area (Å²) in [5.41, 5.74) is 2.15. The molecular weight excluding hydrogens is 568 g/mol. The molecule has 2 aromatic heterocycles. The van der Waals surface area contributed by atoms with Gasteiger partial charge in [0.15, 0.2) is 5.82 Å². The number of nitrogens with two attached hydrogens (primary N) is 1. The van der Waals surface area contributed by atoms with E-state index >= 15 is 0 Å². The first-order chi connectivity index (χ1) is 18.0. The molecule has 3 N–H and O–H groups in total. The minimum atomic E-state index is -4.93. The number of halogens is 9. The monoisotopic (exact) mass is 584 g/mol. The Bertz CT molecular complexity index is 1460. The second-order valence-corrected chi connectivity index (χ2v) is 9.17. The maximum absolute atomic E-state index is 14.9. The lowest BCUT2D eigenvalue weighted by atomic mass is 10.1. The number of nitrogens with zero attached hydrogens (tertiary/aromatic N) is 4. The summed E-state index contributed by atoms with van der Waals surface area (Å²) < 4.78 is 110. The maximum atomic E-state index is 14.9. The number of nitrogens with one attached hydrogen (secondary N) is 1. The molecule has 0 aliphatic carbocycles. The van der Waals surface area contributed by atoms with E-state index in [4.69, 9.17) is 17.3 Å². The second kappa shape index (κ2) is 9.81. The number of hydrogen-bond acceptors (Lipinski definition) is 5. The summed E-state index contributed by atoms with van der Waals surface area (Å²) in [6.45, 7) is -0.689. The number of hydrogen-bond donors (Lipinski definition) is 2. The van der Waals surface area contributed by atoms with Gasteiger partial charge in [-0.3, -0.25) is 9.59 Å². The van der Waals surface area contributed by atoms with E-state index in [-0.39, 0.29) is 0 Å². The molecule has 1 aliphatic heterocycles. The fraction of sp³-hybridized carbons (Fsp3) is 0.364. The highest BCUT2D eigenvalue weighted by Crippen LogP contribution is 2.40. The van der Waals surface area contributed by atoms with Gasteiger partial charge in [0, 0.05) is 12.1 Å². The lowest BCUT2D eigenvalue weighted by Gasteiger charge is -2.22. The van der Waals surface area contributed by atoms with Gasteiger partial charge in [0.25, 0.3) is 5.91 Å². The van der Waals surface area contributed by atoms with Gasteiger partial charge in [0.05, 0.1) is 34.4 Å². The van der Waals surface area contributed by atoms with Gasteiger partial charge in [-0.15, -0.1) is 0 Å². The van der Waals surface area contributed by atoms with Crippen molar-refractivity contribution in [2.75, 3.05) is 18.8 Å². The number of carbonyl (C=O) groups excluding carboxylic acids is 2. The number of likely N-dealkylation sites (tertiary alicyclic amines) is 1. The number of fused-ring (bicyclic) bond motifs is 1. The Morgan fingerprint density at radius 1 is 1.15 bits per heavy atom. The van der Waals surface area contributed by atoms with Crippen LogP contribution in [0.3, 0.4) is 0 Å². The van der Waals surface area contributed by atoms with Crippen LogP contribution in [0, 0.1) is 11.7 Å². The summed E-state index contributed by atoms with van der Waals surface area (Å²) in [5, 5.41) is 5.40. The summed E-state index contributed by atoms with van der Waals surface area (Å²) >= 11 is 5.98. The molecule has 39 heavy (non-hydrogen) atoms. The molecule has 1 fully saturated rings. The standard InChI is InChI=1S/C22H17ClF8N6O2/c1-8(21(26,27)28)20(39)36-5-14(25)15(6-36)35-19(38)9-2-10(13(24)4-12(9)23)16-3-11(22(29,30)31)17-18(32)33-7-34-37(16)17/h2-4,7-8,14-15H,5-6H2,1H3,(H,35,38)(H2,32,33,34)/t8?,14-,15+/m0/s1. The molecule has 4 rings (SSSR count). The van der Waals surface area contributed by atoms with Gasteiger partial charge < -0.3 is 16.0 Å². The van der Waals surface area contributed by atoms with Crippen molar-refractivity contribution in [2.24, 2.45) is 5.92 Å². The summed E-state index contributed by atoms with van der Waals surface area (Å²) in [6, 6.07) is 0.564. The smallest absolute Gasteiger partial charge is 0.382 e. The molecule has 2 amide bonds. The van der Waals surface area contributed by atoms with Crippen molar-refractivity contribution >= 4 is 34.7 Å². The summed E-state index contributed by atoms with van der Waals surface area (Å²) in [4.78, 5) is 29.1. The summed E-state index contributed by atoms with van der Waals surface area (Å²) in [6.07, 6.45) is -10.9. The van der Waals surface area contributed by atoms with Crippen molar-refractivity contribution in [3.05, 3.63) is 46.5 Å². The van der Waals surface area contributed by atoms with Crippen LogP contribution in [-0.4, -0.2) is 62.8 Å². The topological polar surface area (TPSA) is 106 Å². The number of carbonyl (C=O) groups is 2. The fourth-order valence-corrected chi connectivity index (χ4v) is 4.37. The fourth-order valence-electron chi connectivity index (χ4n) is 4.14. The highest BCUT2D eigenvalue weighted by atomic mass is 35.5. The Morgan fingerprint density at radius 2 is 1.82 bits per heavy atom. The molecule has 3 atom stereocenters. The van der Waals surface area contributed by atoms with E-state index in [1.54, 1.807) is 0 Å². The quantitative estimate of drug-likeness (QED) is 0.446. The molecule has 0 spiro atoms. The number of nitrogen functional groups attached to an aromatic ring is 1. The predicted molar refractivity (Wildman–Crippen MR) is 121 cm³/mol. The number of rotatable bonds is 4. The molecule has 1 aliphatic rings. The van der Waals surface area contributed by atoms with Crippen LogP contribution in [0.5, 0.6) is 0 Å². The van der Waals surface area contributed by atoms with Crippen molar-refractivity contribution in [3.63, 3.8) is 0 Å². The van der Waals surface area contributed by atoms with Crippen LogP contribution in [0.4, 0.5) is 40.9 Å². The van der Waals surface area contributed by atoms with E-state index in [1.807, 2.05) is 0 Å². The molecule has 1 saturated heterocycles. The Kier molecular flexibility index (Phi) is 7.12. The molecule has 0 bridgehead atoms. The summed E-state index contributed by atoms with van der Waals surface area (Å²) in [7, 11) is 0. The third-order valence-electron chi connectivity index (χ3n) is 6.20.